The molecule has 2 nitrogen and oxygen atoms in total. The summed E-state index contributed by atoms with van der Waals surface area (Å²) >= 11 is 17.1. The molecular weight excluding hydrogens is 374 g/mol. The Hall–Kier alpha value is -0.910. The maximum atomic E-state index is 12.7. The molecule has 1 amide bonds. The third-order valence-electron chi connectivity index (χ3n) is 4.05. The lowest BCUT2D eigenvalue weighted by atomic mass is 10.1. The third-order valence-corrected chi connectivity index (χ3v) is 4.63. The predicted octanol–water partition coefficient (Wildman–Crippen LogP) is 5.89. The summed E-state index contributed by atoms with van der Waals surface area (Å²) in [6.45, 7) is 3.70. The van der Waals surface area contributed by atoms with Crippen molar-refractivity contribution < 1.29 is 18.0 Å². The summed E-state index contributed by atoms with van der Waals surface area (Å²) < 4.78 is 38.3. The van der Waals surface area contributed by atoms with Crippen LogP contribution in [-0.4, -0.2) is 5.91 Å². The van der Waals surface area contributed by atoms with Gasteiger partial charge >= 0.3 is 6.18 Å². The zero-order chi connectivity index (χ0) is 17.6. The Bertz CT molecular complexity index is 666. The lowest BCUT2D eigenvalue weighted by Crippen LogP contribution is -2.18. The van der Waals surface area contributed by atoms with Gasteiger partial charge in [0.25, 0.3) is 0 Å². The molecule has 2 rings (SSSR count). The molecule has 0 aliphatic heterocycles. The van der Waals surface area contributed by atoms with Crippen molar-refractivity contribution in [1.29, 1.82) is 0 Å². The number of halogens is 6. The van der Waals surface area contributed by atoms with Gasteiger partial charge in [0.05, 0.1) is 22.2 Å². The highest BCUT2D eigenvalue weighted by Gasteiger charge is 2.60. The molecule has 0 radical (unpaired) electrons. The molecular formula is C15H13Cl3F3NO. The van der Waals surface area contributed by atoms with Crippen LogP contribution in [0.2, 0.25) is 5.02 Å². The Morgan fingerprint density at radius 3 is 2.43 bits per heavy atom. The number of carbonyl (C=O) groups is 1. The molecule has 2 unspecified atom stereocenters. The summed E-state index contributed by atoms with van der Waals surface area (Å²) in [6.07, 6.45) is -2.96. The molecule has 1 aliphatic carbocycles. The molecule has 1 aromatic rings. The Kier molecular flexibility index (Phi) is 4.96. The van der Waals surface area contributed by atoms with E-state index in [1.54, 1.807) is 6.08 Å². The summed E-state index contributed by atoms with van der Waals surface area (Å²) in [4.78, 5) is 12.3. The highest BCUT2D eigenvalue weighted by atomic mass is 35.5. The summed E-state index contributed by atoms with van der Waals surface area (Å²) in [5.41, 5.74) is -1.34. The van der Waals surface area contributed by atoms with Crippen molar-refractivity contribution in [2.45, 2.75) is 20.0 Å². The first kappa shape index (κ1) is 18.4. The molecule has 1 fully saturated rings. The molecule has 2 atom stereocenters. The van der Waals surface area contributed by atoms with E-state index in [4.69, 9.17) is 34.8 Å². The number of allylic oxidation sites excluding steroid dienone is 1. The lowest BCUT2D eigenvalue weighted by Gasteiger charge is -2.12. The van der Waals surface area contributed by atoms with Gasteiger partial charge in [-0.3, -0.25) is 4.79 Å². The van der Waals surface area contributed by atoms with Gasteiger partial charge in [0.15, 0.2) is 0 Å². The molecule has 1 aromatic carbocycles. The van der Waals surface area contributed by atoms with E-state index < -0.39 is 23.6 Å². The van der Waals surface area contributed by atoms with Crippen molar-refractivity contribution in [3.05, 3.63) is 39.4 Å². The van der Waals surface area contributed by atoms with Crippen LogP contribution in [0.4, 0.5) is 18.9 Å². The van der Waals surface area contributed by atoms with Crippen molar-refractivity contribution in [2.75, 3.05) is 5.32 Å². The second-order valence-corrected chi connectivity index (χ2v) is 7.38. The minimum atomic E-state index is -4.51. The fourth-order valence-electron chi connectivity index (χ4n) is 2.63. The summed E-state index contributed by atoms with van der Waals surface area (Å²) in [7, 11) is 0. The Balaban J connectivity index is 2.20. The molecule has 23 heavy (non-hydrogen) atoms. The fraction of sp³-hybridized carbons (Fsp3) is 0.400. The number of nitrogens with one attached hydrogen (secondary N) is 1. The first-order chi connectivity index (χ1) is 10.4. The summed E-state index contributed by atoms with van der Waals surface area (Å²) in [5, 5.41) is 2.49. The van der Waals surface area contributed by atoms with E-state index in [2.05, 4.69) is 5.32 Å². The van der Waals surface area contributed by atoms with Gasteiger partial charge in [-0.15, -0.1) is 0 Å². The van der Waals surface area contributed by atoms with E-state index >= 15 is 0 Å². The number of alkyl halides is 3. The van der Waals surface area contributed by atoms with Gasteiger partial charge in [-0.25, -0.2) is 0 Å². The topological polar surface area (TPSA) is 29.1 Å². The molecule has 1 saturated carbocycles. The van der Waals surface area contributed by atoms with Crippen molar-refractivity contribution in [3.63, 3.8) is 0 Å². The zero-order valence-corrected chi connectivity index (χ0v) is 14.4. The monoisotopic (exact) mass is 385 g/mol. The average molecular weight is 387 g/mol. The van der Waals surface area contributed by atoms with Gasteiger partial charge in [0.1, 0.15) is 4.49 Å². The molecule has 1 aliphatic rings. The van der Waals surface area contributed by atoms with Gasteiger partial charge in [-0.2, -0.15) is 13.2 Å². The van der Waals surface area contributed by atoms with Crippen molar-refractivity contribution in [1.82, 2.24) is 0 Å². The van der Waals surface area contributed by atoms with E-state index in [0.717, 1.165) is 18.2 Å². The van der Waals surface area contributed by atoms with Crippen LogP contribution in [0.5, 0.6) is 0 Å². The van der Waals surface area contributed by atoms with Crippen LogP contribution >= 0.6 is 34.8 Å². The molecule has 126 valence electrons. The van der Waals surface area contributed by atoms with Crippen LogP contribution in [-0.2, 0) is 11.0 Å². The third kappa shape index (κ3) is 3.95. The van der Waals surface area contributed by atoms with E-state index in [1.807, 2.05) is 13.8 Å². The molecule has 1 N–H and O–H groups in total. The van der Waals surface area contributed by atoms with Crippen molar-refractivity contribution in [3.8, 4) is 0 Å². The summed E-state index contributed by atoms with van der Waals surface area (Å²) in [5.74, 6) is -1.05. The smallest absolute Gasteiger partial charge is 0.324 e. The van der Waals surface area contributed by atoms with E-state index in [9.17, 15) is 18.0 Å². The molecule has 0 bridgehead atoms. The first-order valence-corrected chi connectivity index (χ1v) is 7.78. The normalized spacial score (nSPS) is 22.4. The zero-order valence-electron chi connectivity index (χ0n) is 12.1. The van der Waals surface area contributed by atoms with Gasteiger partial charge in [0, 0.05) is 0 Å². The Morgan fingerprint density at radius 2 is 1.91 bits per heavy atom. The van der Waals surface area contributed by atoms with Gasteiger partial charge < -0.3 is 5.32 Å². The van der Waals surface area contributed by atoms with Crippen LogP contribution in [0, 0.1) is 17.3 Å². The lowest BCUT2D eigenvalue weighted by molar-refractivity contribution is -0.137. The second-order valence-electron chi connectivity index (χ2n) is 5.96. The van der Waals surface area contributed by atoms with E-state index in [1.165, 1.54) is 0 Å². The SMILES string of the molecule is CC1(C)C(C=C(Cl)Cl)C1C(=O)Nc1cc(C(F)(F)F)ccc1Cl. The minimum Gasteiger partial charge on any atom is -0.324 e. The average Bonchev–Trinajstić information content (AvgIpc) is 2.91. The number of anilines is 1. The molecule has 0 spiro atoms. The van der Waals surface area contributed by atoms with Gasteiger partial charge in [-0.1, -0.05) is 48.7 Å². The second kappa shape index (κ2) is 6.19. The first-order valence-electron chi connectivity index (χ1n) is 6.65. The predicted molar refractivity (Wildman–Crippen MR) is 85.6 cm³/mol. The summed E-state index contributed by atoms with van der Waals surface area (Å²) in [6, 6.07) is 2.78. The molecule has 8 heteroatoms. The largest absolute Gasteiger partial charge is 0.416 e. The van der Waals surface area contributed by atoms with Crippen LogP contribution in [0.1, 0.15) is 19.4 Å². The van der Waals surface area contributed by atoms with Crippen LogP contribution in [0.15, 0.2) is 28.8 Å². The van der Waals surface area contributed by atoms with E-state index in [-0.39, 0.29) is 26.5 Å². The number of hydrogen-bond acceptors (Lipinski definition) is 1. The number of benzene rings is 1. The van der Waals surface area contributed by atoms with Crippen LogP contribution in [0.3, 0.4) is 0 Å². The number of hydrogen-bond donors (Lipinski definition) is 1. The highest BCUT2D eigenvalue weighted by Crippen LogP contribution is 2.60. The standard InChI is InChI=1S/C15H13Cl3F3NO/c1-14(2)8(6-11(17)18)12(14)13(23)22-10-5-7(15(19,20)21)3-4-9(10)16/h3-6,8,12H,1-2H3,(H,22,23). The fourth-order valence-corrected chi connectivity index (χ4v) is 3.07. The van der Waals surface area contributed by atoms with Gasteiger partial charge in [-0.05, 0) is 35.6 Å². The number of rotatable bonds is 3. The quantitative estimate of drug-likeness (QED) is 0.689. The van der Waals surface area contributed by atoms with Crippen LogP contribution < -0.4 is 5.32 Å². The molecule has 0 aromatic heterocycles. The Labute approximate surface area is 146 Å². The highest BCUT2D eigenvalue weighted by molar-refractivity contribution is 6.55. The number of carbonyl (C=O) groups excluding carboxylic acids is 1. The van der Waals surface area contributed by atoms with Crippen molar-refractivity contribution in [2.24, 2.45) is 17.3 Å². The molecule has 0 saturated heterocycles. The van der Waals surface area contributed by atoms with E-state index in [0.29, 0.717) is 0 Å². The van der Waals surface area contributed by atoms with Crippen LogP contribution in [0.25, 0.3) is 0 Å². The maximum Gasteiger partial charge on any atom is 0.416 e. The molecule has 0 heterocycles. The number of amides is 1. The Morgan fingerprint density at radius 1 is 1.30 bits per heavy atom. The van der Waals surface area contributed by atoms with Gasteiger partial charge in [0.2, 0.25) is 5.91 Å². The minimum absolute atomic E-state index is 0.0345. The maximum absolute atomic E-state index is 12.7. The van der Waals surface area contributed by atoms with Crippen molar-refractivity contribution >= 4 is 46.4 Å².